The molecule has 0 bridgehead atoms. The number of sulfonamides is 1. The zero-order valence-corrected chi connectivity index (χ0v) is 16.0. The molecule has 2 atom stereocenters. The van der Waals surface area contributed by atoms with Crippen LogP contribution in [0.2, 0.25) is 0 Å². The Kier molecular flexibility index (Phi) is 7.65. The zero-order valence-electron chi connectivity index (χ0n) is 13.6. The van der Waals surface area contributed by atoms with Gasteiger partial charge >= 0.3 is 6.18 Å². The standard InChI is InChI=1S/C15H19BrF4N2O2S/c1-2-22(10-9-21)25(23,24)11-12-5-3-6-14(13(12)16,7-4-8-17)15(18,19)20/h3,5-6,13H,2,4,7-8,10-11H2,1H3. The van der Waals surface area contributed by atoms with E-state index in [0.29, 0.717) is 0 Å². The lowest BCUT2D eigenvalue weighted by molar-refractivity contribution is -0.206. The molecule has 142 valence electrons. The van der Waals surface area contributed by atoms with Gasteiger partial charge in [-0.15, -0.1) is 0 Å². The number of halogens is 5. The molecule has 0 heterocycles. The third kappa shape index (κ3) is 4.83. The van der Waals surface area contributed by atoms with Crippen molar-refractivity contribution >= 4 is 26.0 Å². The van der Waals surface area contributed by atoms with Crippen LogP contribution in [-0.2, 0) is 10.0 Å². The van der Waals surface area contributed by atoms with Crippen LogP contribution in [0.5, 0.6) is 0 Å². The van der Waals surface area contributed by atoms with Gasteiger partial charge in [-0.25, -0.2) is 8.42 Å². The molecule has 0 radical (unpaired) electrons. The van der Waals surface area contributed by atoms with Gasteiger partial charge in [0.25, 0.3) is 0 Å². The molecule has 0 amide bonds. The Hall–Kier alpha value is -0.920. The summed E-state index contributed by atoms with van der Waals surface area (Å²) in [5.74, 6) is -0.643. The lowest BCUT2D eigenvalue weighted by atomic mass is 9.74. The van der Waals surface area contributed by atoms with Crippen molar-refractivity contribution in [3.8, 4) is 6.07 Å². The SMILES string of the molecule is CCN(CC#N)S(=O)(=O)CC1=CC=CC(CCCF)(C(F)(F)F)C1Br. The van der Waals surface area contributed by atoms with Crippen molar-refractivity contribution in [1.29, 1.82) is 5.26 Å². The second-order valence-corrected chi connectivity index (χ2v) is 8.52. The van der Waals surface area contributed by atoms with Crippen LogP contribution < -0.4 is 0 Å². The monoisotopic (exact) mass is 446 g/mol. The fourth-order valence-electron chi connectivity index (χ4n) is 2.70. The summed E-state index contributed by atoms with van der Waals surface area (Å²) < 4.78 is 79.2. The van der Waals surface area contributed by atoms with E-state index in [0.717, 1.165) is 16.5 Å². The van der Waals surface area contributed by atoms with Crippen LogP contribution >= 0.6 is 15.9 Å². The van der Waals surface area contributed by atoms with Gasteiger partial charge in [0.2, 0.25) is 10.0 Å². The summed E-state index contributed by atoms with van der Waals surface area (Å²) in [5.41, 5.74) is -2.35. The van der Waals surface area contributed by atoms with Crippen molar-refractivity contribution in [2.24, 2.45) is 5.41 Å². The molecule has 0 saturated carbocycles. The van der Waals surface area contributed by atoms with Gasteiger partial charge in [-0.05, 0) is 18.4 Å². The first-order chi connectivity index (χ1) is 11.6. The smallest absolute Gasteiger partial charge is 0.251 e. The van der Waals surface area contributed by atoms with Crippen molar-refractivity contribution < 1.29 is 26.0 Å². The van der Waals surface area contributed by atoms with E-state index in [4.69, 9.17) is 5.26 Å². The van der Waals surface area contributed by atoms with Crippen LogP contribution in [0.3, 0.4) is 0 Å². The van der Waals surface area contributed by atoms with E-state index >= 15 is 0 Å². The second kappa shape index (κ2) is 8.64. The predicted octanol–water partition coefficient (Wildman–Crippen LogP) is 3.72. The number of rotatable bonds is 8. The van der Waals surface area contributed by atoms with Crippen LogP contribution in [-0.4, -0.2) is 49.2 Å². The van der Waals surface area contributed by atoms with Gasteiger partial charge in [0.1, 0.15) is 12.0 Å². The number of allylic oxidation sites excluding steroid dienone is 3. The molecule has 1 aliphatic rings. The highest BCUT2D eigenvalue weighted by Gasteiger charge is 2.58. The molecule has 0 N–H and O–H groups in total. The third-order valence-corrected chi connectivity index (χ3v) is 7.35. The first kappa shape index (κ1) is 22.1. The Morgan fingerprint density at radius 1 is 1.44 bits per heavy atom. The molecule has 0 spiro atoms. The maximum Gasteiger partial charge on any atom is 0.399 e. The fourth-order valence-corrected chi connectivity index (χ4v) is 5.39. The fraction of sp³-hybridized carbons (Fsp3) is 0.667. The number of hydrogen-bond donors (Lipinski definition) is 0. The minimum Gasteiger partial charge on any atom is -0.251 e. The summed E-state index contributed by atoms with van der Waals surface area (Å²) >= 11 is 3.00. The number of hydrogen-bond acceptors (Lipinski definition) is 3. The van der Waals surface area contributed by atoms with E-state index in [2.05, 4.69) is 15.9 Å². The zero-order chi connectivity index (χ0) is 19.3. The van der Waals surface area contributed by atoms with Gasteiger partial charge in [0.15, 0.2) is 0 Å². The Labute approximate surface area is 153 Å². The molecule has 0 aromatic heterocycles. The lowest BCUT2D eigenvalue weighted by Crippen LogP contribution is -2.47. The molecule has 1 rings (SSSR count). The van der Waals surface area contributed by atoms with Gasteiger partial charge in [-0.2, -0.15) is 22.7 Å². The highest BCUT2D eigenvalue weighted by Crippen LogP contribution is 2.52. The molecule has 0 aromatic carbocycles. The average molecular weight is 447 g/mol. The van der Waals surface area contributed by atoms with Crippen LogP contribution in [0.25, 0.3) is 0 Å². The van der Waals surface area contributed by atoms with E-state index in [1.165, 1.54) is 13.0 Å². The number of alkyl halides is 5. The van der Waals surface area contributed by atoms with Gasteiger partial charge in [0, 0.05) is 6.54 Å². The molecule has 0 aliphatic heterocycles. The van der Waals surface area contributed by atoms with Crippen molar-refractivity contribution in [2.45, 2.75) is 30.8 Å². The second-order valence-electron chi connectivity index (χ2n) is 5.63. The Balaban J connectivity index is 3.17. The molecular formula is C15H19BrF4N2O2S. The minimum atomic E-state index is -4.67. The van der Waals surface area contributed by atoms with E-state index in [-0.39, 0.29) is 25.1 Å². The van der Waals surface area contributed by atoms with E-state index in [9.17, 15) is 26.0 Å². The van der Waals surface area contributed by atoms with Crippen molar-refractivity contribution in [2.75, 3.05) is 25.5 Å². The summed E-state index contributed by atoms with van der Waals surface area (Å²) in [5, 5.41) is 8.70. The normalized spacial score (nSPS) is 24.2. The molecule has 0 aromatic rings. The highest BCUT2D eigenvalue weighted by atomic mass is 79.9. The maximum absolute atomic E-state index is 13.7. The van der Waals surface area contributed by atoms with E-state index < -0.39 is 45.3 Å². The van der Waals surface area contributed by atoms with Gasteiger partial charge in [0.05, 0.1) is 23.3 Å². The summed E-state index contributed by atoms with van der Waals surface area (Å²) in [7, 11) is -3.95. The van der Waals surface area contributed by atoms with Crippen LogP contribution in [0, 0.1) is 16.7 Å². The van der Waals surface area contributed by atoms with Gasteiger partial charge in [-0.1, -0.05) is 41.1 Å². The minimum absolute atomic E-state index is 0.0232. The summed E-state index contributed by atoms with van der Waals surface area (Å²) in [6.45, 7) is 0.310. The predicted molar refractivity (Wildman–Crippen MR) is 90.3 cm³/mol. The summed E-state index contributed by atoms with van der Waals surface area (Å²) in [6, 6.07) is 1.72. The molecule has 4 nitrogen and oxygen atoms in total. The largest absolute Gasteiger partial charge is 0.399 e. The summed E-state index contributed by atoms with van der Waals surface area (Å²) in [6.07, 6.45) is -2.03. The van der Waals surface area contributed by atoms with Gasteiger partial charge in [-0.3, -0.25) is 4.39 Å². The lowest BCUT2D eigenvalue weighted by Gasteiger charge is -2.40. The highest BCUT2D eigenvalue weighted by molar-refractivity contribution is 9.09. The topological polar surface area (TPSA) is 61.2 Å². The summed E-state index contributed by atoms with van der Waals surface area (Å²) in [4.78, 5) is -1.33. The molecule has 25 heavy (non-hydrogen) atoms. The first-order valence-electron chi connectivity index (χ1n) is 7.55. The van der Waals surface area contributed by atoms with Crippen LogP contribution in [0.15, 0.2) is 23.8 Å². The maximum atomic E-state index is 13.7. The third-order valence-electron chi connectivity index (χ3n) is 4.08. The van der Waals surface area contributed by atoms with Crippen LogP contribution in [0.4, 0.5) is 17.6 Å². The Bertz CT molecular complexity index is 670. The molecule has 0 fully saturated rings. The van der Waals surface area contributed by atoms with Crippen LogP contribution in [0.1, 0.15) is 19.8 Å². The molecule has 2 unspecified atom stereocenters. The number of nitrogens with zero attached hydrogens (tertiary/aromatic N) is 2. The first-order valence-corrected chi connectivity index (χ1v) is 10.1. The Morgan fingerprint density at radius 2 is 2.08 bits per heavy atom. The van der Waals surface area contributed by atoms with Crippen molar-refractivity contribution in [3.63, 3.8) is 0 Å². The van der Waals surface area contributed by atoms with Crippen molar-refractivity contribution in [1.82, 2.24) is 4.31 Å². The molecular weight excluding hydrogens is 428 g/mol. The quantitative estimate of drug-likeness (QED) is 0.324. The molecule has 0 saturated heterocycles. The van der Waals surface area contributed by atoms with Crippen molar-refractivity contribution in [3.05, 3.63) is 23.8 Å². The number of nitriles is 1. The van der Waals surface area contributed by atoms with E-state index in [1.807, 2.05) is 0 Å². The van der Waals surface area contributed by atoms with E-state index in [1.54, 1.807) is 6.07 Å². The molecule has 1 aliphatic carbocycles. The molecule has 10 heteroatoms. The Morgan fingerprint density at radius 3 is 2.56 bits per heavy atom. The average Bonchev–Trinajstić information content (AvgIpc) is 2.52. The van der Waals surface area contributed by atoms with Gasteiger partial charge < -0.3 is 0 Å².